The number of fused-ring (bicyclic) bond motifs is 5. The average molecular weight is 451 g/mol. The lowest BCUT2D eigenvalue weighted by molar-refractivity contribution is -0.188. The van der Waals surface area contributed by atoms with Crippen LogP contribution in [0.3, 0.4) is 0 Å². The normalized spacial score (nSPS) is 18.5. The van der Waals surface area contributed by atoms with Crippen LogP contribution >= 0.6 is 0 Å². The van der Waals surface area contributed by atoms with Crippen molar-refractivity contribution in [3.8, 4) is 11.4 Å². The summed E-state index contributed by atoms with van der Waals surface area (Å²) in [5, 5.41) is 0.708. The van der Waals surface area contributed by atoms with Crippen LogP contribution in [-0.4, -0.2) is 28.0 Å². The third-order valence-corrected chi connectivity index (χ3v) is 6.54. The Bertz CT molecular complexity index is 1410. The molecule has 0 fully saturated rings. The highest BCUT2D eigenvalue weighted by molar-refractivity contribution is 5.90. The smallest absolute Gasteiger partial charge is 0.355 e. The maximum Gasteiger partial charge on any atom is 0.355 e. The van der Waals surface area contributed by atoms with Crippen LogP contribution < -0.4 is 11.3 Å². The second-order valence-electron chi connectivity index (χ2n) is 8.18. The van der Waals surface area contributed by atoms with Crippen LogP contribution in [0.5, 0.6) is 0 Å². The van der Waals surface area contributed by atoms with Crippen LogP contribution in [0, 0.1) is 5.82 Å². The lowest BCUT2D eigenvalue weighted by Gasteiger charge is -2.35. The first kappa shape index (κ1) is 21.3. The largest absolute Gasteiger partial charge is 0.457 e. The van der Waals surface area contributed by atoms with E-state index in [0.29, 0.717) is 34.3 Å². The Morgan fingerprint density at radius 1 is 1.27 bits per heavy atom. The number of ether oxygens (including phenoxy) is 2. The molecule has 0 bridgehead atoms. The zero-order chi connectivity index (χ0) is 23.5. The fourth-order valence-corrected chi connectivity index (χ4v) is 4.93. The standard InChI is InChI=1S/C24H22FN3O5/c1-3-13-14-7-12(25)5-6-18(14)27-21-15(13)10-28-19(21)8-17-16(22(28)30)11-32-23(31)24(17,4-2)33-20(29)9-26/h5-8H,3-4,9-11,26H2,1-2H3. The van der Waals surface area contributed by atoms with Crippen molar-refractivity contribution >= 4 is 22.8 Å². The molecule has 170 valence electrons. The van der Waals surface area contributed by atoms with Gasteiger partial charge in [0.1, 0.15) is 12.4 Å². The number of aryl methyl sites for hydroxylation is 1. The molecule has 1 aromatic carbocycles. The van der Waals surface area contributed by atoms with Gasteiger partial charge < -0.3 is 19.8 Å². The first-order valence-corrected chi connectivity index (χ1v) is 10.8. The van der Waals surface area contributed by atoms with Gasteiger partial charge in [-0.1, -0.05) is 13.8 Å². The summed E-state index contributed by atoms with van der Waals surface area (Å²) in [6.45, 7) is 3.29. The van der Waals surface area contributed by atoms with E-state index < -0.39 is 24.1 Å². The number of aromatic nitrogens is 2. The van der Waals surface area contributed by atoms with Gasteiger partial charge in [0.2, 0.25) is 5.60 Å². The van der Waals surface area contributed by atoms with Crippen molar-refractivity contribution < 1.29 is 23.5 Å². The van der Waals surface area contributed by atoms with E-state index in [1.165, 1.54) is 12.1 Å². The number of halogens is 1. The first-order chi connectivity index (χ1) is 15.8. The summed E-state index contributed by atoms with van der Waals surface area (Å²) in [4.78, 5) is 43.2. The molecule has 0 aliphatic carbocycles. The summed E-state index contributed by atoms with van der Waals surface area (Å²) in [7, 11) is 0. The van der Waals surface area contributed by atoms with Crippen molar-refractivity contribution in [1.29, 1.82) is 0 Å². The van der Waals surface area contributed by atoms with Crippen LogP contribution in [-0.2, 0) is 44.2 Å². The van der Waals surface area contributed by atoms with Gasteiger partial charge in [-0.05, 0) is 42.7 Å². The van der Waals surface area contributed by atoms with E-state index in [1.807, 2.05) is 6.92 Å². The molecule has 0 saturated carbocycles. The molecular weight excluding hydrogens is 429 g/mol. The fraction of sp³-hybridized carbons (Fsp3) is 0.333. The van der Waals surface area contributed by atoms with Crippen molar-refractivity contribution in [3.05, 3.63) is 62.7 Å². The molecule has 33 heavy (non-hydrogen) atoms. The van der Waals surface area contributed by atoms with Crippen molar-refractivity contribution in [3.63, 3.8) is 0 Å². The van der Waals surface area contributed by atoms with Crippen LogP contribution in [0.4, 0.5) is 4.39 Å². The number of nitrogens with two attached hydrogens (primary N) is 1. The minimum atomic E-state index is -1.75. The van der Waals surface area contributed by atoms with Crippen molar-refractivity contribution in [2.45, 2.75) is 45.4 Å². The zero-order valence-corrected chi connectivity index (χ0v) is 18.2. The van der Waals surface area contributed by atoms with Crippen LogP contribution in [0.2, 0.25) is 0 Å². The van der Waals surface area contributed by atoms with E-state index in [0.717, 1.165) is 11.1 Å². The maximum atomic E-state index is 14.0. The van der Waals surface area contributed by atoms with Gasteiger partial charge in [0.15, 0.2) is 0 Å². The van der Waals surface area contributed by atoms with Crippen molar-refractivity contribution in [2.24, 2.45) is 5.73 Å². The summed E-state index contributed by atoms with van der Waals surface area (Å²) in [6.07, 6.45) is 0.701. The predicted molar refractivity (Wildman–Crippen MR) is 117 cm³/mol. The van der Waals surface area contributed by atoms with Crippen LogP contribution in [0.15, 0.2) is 29.1 Å². The topological polar surface area (TPSA) is 114 Å². The molecule has 2 N–H and O–H groups in total. The first-order valence-electron chi connectivity index (χ1n) is 10.8. The Morgan fingerprint density at radius 3 is 2.76 bits per heavy atom. The molecule has 9 heteroatoms. The molecule has 2 aliphatic heterocycles. The summed E-state index contributed by atoms with van der Waals surface area (Å²) in [6, 6.07) is 6.11. The molecule has 3 aromatic rings. The van der Waals surface area contributed by atoms with Gasteiger partial charge in [0, 0.05) is 16.5 Å². The lowest BCUT2D eigenvalue weighted by Crippen LogP contribution is -2.48. The molecule has 0 radical (unpaired) electrons. The number of carbonyl (C=O) groups is 2. The molecule has 2 aliphatic rings. The molecule has 1 unspecified atom stereocenters. The molecule has 1 atom stereocenters. The number of rotatable bonds is 4. The Balaban J connectivity index is 1.80. The molecule has 0 spiro atoms. The molecule has 5 rings (SSSR count). The minimum absolute atomic E-state index is 0.0744. The summed E-state index contributed by atoms with van der Waals surface area (Å²) in [5.41, 5.74) is 7.36. The molecule has 8 nitrogen and oxygen atoms in total. The van der Waals surface area contributed by atoms with Crippen LogP contribution in [0.1, 0.15) is 42.5 Å². The van der Waals surface area contributed by atoms with Crippen molar-refractivity contribution in [2.75, 3.05) is 6.54 Å². The summed E-state index contributed by atoms with van der Waals surface area (Å²) in [5.74, 6) is -1.87. The predicted octanol–water partition coefficient (Wildman–Crippen LogP) is 2.29. The minimum Gasteiger partial charge on any atom is -0.457 e. The SMILES string of the molecule is CCc1c2c(nc3ccc(F)cc13)-c1cc3c(c(=O)n1C2)COC(=O)C3(CC)OC(=O)CN. The van der Waals surface area contributed by atoms with E-state index in [-0.39, 0.29) is 36.5 Å². The number of carbonyl (C=O) groups excluding carboxylic acids is 2. The summed E-state index contributed by atoms with van der Waals surface area (Å²) >= 11 is 0. The number of pyridine rings is 2. The number of hydrogen-bond acceptors (Lipinski definition) is 7. The number of nitrogens with zero attached hydrogens (tertiary/aromatic N) is 2. The molecule has 4 heterocycles. The van der Waals surface area contributed by atoms with Gasteiger partial charge in [-0.15, -0.1) is 0 Å². The fourth-order valence-electron chi connectivity index (χ4n) is 4.93. The number of hydrogen-bond donors (Lipinski definition) is 1. The Kier molecular flexibility index (Phi) is 4.82. The third kappa shape index (κ3) is 2.92. The highest BCUT2D eigenvalue weighted by atomic mass is 19.1. The maximum absolute atomic E-state index is 14.0. The van der Waals surface area contributed by atoms with Gasteiger partial charge in [-0.3, -0.25) is 9.59 Å². The van der Waals surface area contributed by atoms with Gasteiger partial charge in [0.25, 0.3) is 5.56 Å². The van der Waals surface area contributed by atoms with Gasteiger partial charge in [-0.2, -0.15) is 0 Å². The van der Waals surface area contributed by atoms with Gasteiger partial charge in [0.05, 0.1) is 35.6 Å². The quantitative estimate of drug-likeness (QED) is 0.474. The number of esters is 2. The van der Waals surface area contributed by atoms with Gasteiger partial charge in [-0.25, -0.2) is 14.2 Å². The monoisotopic (exact) mass is 451 g/mol. The zero-order valence-electron chi connectivity index (χ0n) is 18.2. The van der Waals surface area contributed by atoms with Crippen LogP contribution in [0.25, 0.3) is 22.3 Å². The highest BCUT2D eigenvalue weighted by Gasteiger charge is 2.50. The molecular formula is C24H22FN3O5. The van der Waals surface area contributed by atoms with Crippen molar-refractivity contribution in [1.82, 2.24) is 9.55 Å². The number of cyclic esters (lactones) is 1. The Morgan fingerprint density at radius 2 is 2.06 bits per heavy atom. The van der Waals surface area contributed by atoms with Gasteiger partial charge >= 0.3 is 11.9 Å². The average Bonchev–Trinajstić information content (AvgIpc) is 3.18. The second kappa shape index (κ2) is 7.48. The van der Waals surface area contributed by atoms with E-state index in [2.05, 4.69) is 0 Å². The van der Waals surface area contributed by atoms with E-state index in [9.17, 15) is 18.8 Å². The molecule has 0 amide bonds. The molecule has 2 aromatic heterocycles. The summed E-state index contributed by atoms with van der Waals surface area (Å²) < 4.78 is 26.3. The second-order valence-corrected chi connectivity index (χ2v) is 8.18. The highest BCUT2D eigenvalue weighted by Crippen LogP contribution is 2.42. The lowest BCUT2D eigenvalue weighted by atomic mass is 9.85. The van der Waals surface area contributed by atoms with E-state index >= 15 is 0 Å². The third-order valence-electron chi connectivity index (χ3n) is 6.54. The Hall–Kier alpha value is -3.59. The number of benzene rings is 1. The Labute approximate surface area is 188 Å². The molecule has 0 saturated heterocycles. The van der Waals surface area contributed by atoms with E-state index in [4.69, 9.17) is 20.2 Å². The van der Waals surface area contributed by atoms with E-state index in [1.54, 1.807) is 23.6 Å².